The van der Waals surface area contributed by atoms with Gasteiger partial charge >= 0.3 is 6.18 Å². The summed E-state index contributed by atoms with van der Waals surface area (Å²) in [7, 11) is -2.43. The van der Waals surface area contributed by atoms with Crippen molar-refractivity contribution < 1.29 is 31.2 Å². The fourth-order valence-corrected chi connectivity index (χ4v) is 6.55. The Hall–Kier alpha value is -5.36. The summed E-state index contributed by atoms with van der Waals surface area (Å²) >= 11 is 0. The molecule has 0 spiro atoms. The number of alkyl halides is 3. The minimum Gasteiger partial charge on any atom is -0.369 e. The Labute approximate surface area is 298 Å². The number of carbonyl (C=O) groups excluding carboxylic acids is 2. The van der Waals surface area contributed by atoms with E-state index in [4.69, 9.17) is 0 Å². The fourth-order valence-electron chi connectivity index (χ4n) is 6.08. The van der Waals surface area contributed by atoms with Crippen LogP contribution in [-0.2, 0) is 38.9 Å². The molecule has 4 aromatic rings. The second-order valence-electron chi connectivity index (χ2n) is 12.5. The largest absolute Gasteiger partial charge is 0.421 e. The van der Waals surface area contributed by atoms with Crippen LogP contribution in [0.5, 0.6) is 0 Å². The van der Waals surface area contributed by atoms with E-state index >= 15 is 0 Å². The second kappa shape index (κ2) is 15.1. The van der Waals surface area contributed by atoms with Gasteiger partial charge < -0.3 is 15.5 Å². The van der Waals surface area contributed by atoms with Crippen LogP contribution >= 0.6 is 0 Å². The van der Waals surface area contributed by atoms with Crippen LogP contribution in [0.2, 0.25) is 0 Å². The van der Waals surface area contributed by atoms with E-state index in [1.165, 1.54) is 19.4 Å². The van der Waals surface area contributed by atoms with Crippen LogP contribution in [0.4, 0.5) is 42.1 Å². The van der Waals surface area contributed by atoms with Crippen molar-refractivity contribution in [3.05, 3.63) is 89.5 Å². The number of benzene rings is 2. The molecule has 2 aliphatic rings. The molecule has 2 aliphatic heterocycles. The molecule has 1 unspecified atom stereocenters. The van der Waals surface area contributed by atoms with Gasteiger partial charge in [-0.25, -0.2) is 18.4 Å². The number of rotatable bonds is 11. The predicted molar refractivity (Wildman–Crippen MR) is 188 cm³/mol. The van der Waals surface area contributed by atoms with Crippen LogP contribution in [0.15, 0.2) is 67.1 Å². The molecule has 0 saturated carbocycles. The fraction of sp³-hybridized carbons (Fsp3) is 0.353. The molecule has 3 N–H and O–H groups in total. The highest BCUT2D eigenvalue weighted by Gasteiger charge is 2.35. The lowest BCUT2D eigenvalue weighted by molar-refractivity contribution is -0.137. The Balaban J connectivity index is 1.06. The number of hydrogen-bond acceptors (Lipinski definition) is 12. The van der Waals surface area contributed by atoms with Crippen molar-refractivity contribution in [1.29, 1.82) is 0 Å². The number of piperidine rings is 1. The maximum absolute atomic E-state index is 13.9. The van der Waals surface area contributed by atoms with Gasteiger partial charge in [-0.15, -0.1) is 0 Å². The molecule has 2 fully saturated rings. The zero-order valence-corrected chi connectivity index (χ0v) is 29.2. The zero-order chi connectivity index (χ0) is 37.0. The minimum atomic E-state index is -4.76. The van der Waals surface area contributed by atoms with Crippen LogP contribution in [0.3, 0.4) is 0 Å². The Bertz CT molecular complexity index is 2040. The smallest absolute Gasteiger partial charge is 0.369 e. The number of nitrogens with zero attached hydrogens (tertiary/aromatic N) is 7. The minimum absolute atomic E-state index is 0.0308. The van der Waals surface area contributed by atoms with Crippen molar-refractivity contribution in [3.8, 4) is 0 Å². The second-order valence-corrected chi connectivity index (χ2v) is 14.6. The first-order valence-corrected chi connectivity index (χ1v) is 18.3. The molecule has 14 nitrogen and oxygen atoms in total. The first-order valence-electron chi connectivity index (χ1n) is 16.4. The highest BCUT2D eigenvalue weighted by molar-refractivity contribution is 7.92. The zero-order valence-electron chi connectivity index (χ0n) is 28.4. The molecular formula is C34H37F3N10O4S. The number of aromatic nitrogens is 4. The number of nitrogens with one attached hydrogen (secondary N) is 3. The molecular weight excluding hydrogens is 702 g/mol. The van der Waals surface area contributed by atoms with Gasteiger partial charge in [0.1, 0.15) is 17.1 Å². The van der Waals surface area contributed by atoms with Gasteiger partial charge in [-0.2, -0.15) is 18.2 Å². The molecule has 0 aliphatic carbocycles. The summed E-state index contributed by atoms with van der Waals surface area (Å²) in [5, 5.41) is 8.01. The van der Waals surface area contributed by atoms with Gasteiger partial charge in [-0.3, -0.25) is 29.1 Å². The number of imide groups is 1. The molecule has 4 heterocycles. The number of hydrogen-bond donors (Lipinski definition) is 3. The van der Waals surface area contributed by atoms with Crippen molar-refractivity contribution in [2.75, 3.05) is 59.3 Å². The quantitative estimate of drug-likeness (QED) is 0.191. The normalized spacial score (nSPS) is 17.1. The van der Waals surface area contributed by atoms with Gasteiger partial charge in [0.05, 0.1) is 18.7 Å². The van der Waals surface area contributed by atoms with Crippen LogP contribution in [0.1, 0.15) is 41.1 Å². The van der Waals surface area contributed by atoms with Crippen LogP contribution < -0.4 is 25.2 Å². The lowest BCUT2D eigenvalue weighted by Crippen LogP contribution is -2.46. The molecule has 2 aromatic heterocycles. The van der Waals surface area contributed by atoms with Crippen LogP contribution in [-0.4, -0.2) is 84.6 Å². The van der Waals surface area contributed by atoms with E-state index in [1.54, 1.807) is 12.1 Å². The van der Waals surface area contributed by atoms with E-state index in [2.05, 4.69) is 45.7 Å². The molecule has 2 amide bonds. The van der Waals surface area contributed by atoms with Crippen molar-refractivity contribution in [1.82, 2.24) is 30.2 Å². The van der Waals surface area contributed by atoms with Crippen LogP contribution in [0.25, 0.3) is 0 Å². The van der Waals surface area contributed by atoms with E-state index in [-0.39, 0.29) is 41.7 Å². The van der Waals surface area contributed by atoms with Gasteiger partial charge in [0.15, 0.2) is 5.82 Å². The monoisotopic (exact) mass is 738 g/mol. The van der Waals surface area contributed by atoms with E-state index < -0.39 is 27.6 Å². The van der Waals surface area contributed by atoms with Gasteiger partial charge in [-0.05, 0) is 41.8 Å². The average Bonchev–Trinajstić information content (AvgIpc) is 3.10. The maximum Gasteiger partial charge on any atom is 0.421 e. The molecule has 0 bridgehead atoms. The topological polar surface area (TPSA) is 166 Å². The molecule has 6 rings (SSSR count). The summed E-state index contributed by atoms with van der Waals surface area (Å²) < 4.78 is 66.6. The summed E-state index contributed by atoms with van der Waals surface area (Å²) in [6.45, 7) is 3.64. The molecule has 1 atom stereocenters. The summed E-state index contributed by atoms with van der Waals surface area (Å²) in [5.41, 5.74) is 2.57. The third-order valence-electron chi connectivity index (χ3n) is 8.92. The van der Waals surface area contributed by atoms with E-state index in [0.29, 0.717) is 24.7 Å². The third kappa shape index (κ3) is 8.74. The van der Waals surface area contributed by atoms with Crippen molar-refractivity contribution >= 4 is 50.8 Å². The molecule has 2 aromatic carbocycles. The highest BCUT2D eigenvalue weighted by atomic mass is 32.2. The lowest BCUT2D eigenvalue weighted by atomic mass is 9.89. The summed E-state index contributed by atoms with van der Waals surface area (Å²) in [6.07, 6.45) is 0.337. The van der Waals surface area contributed by atoms with E-state index in [0.717, 1.165) is 60.1 Å². The number of amides is 2. The van der Waals surface area contributed by atoms with E-state index in [9.17, 15) is 31.2 Å². The van der Waals surface area contributed by atoms with Crippen molar-refractivity contribution in [2.24, 2.45) is 0 Å². The first-order chi connectivity index (χ1) is 24.7. The number of sulfonamides is 1. The Kier molecular flexibility index (Phi) is 10.6. The molecule has 52 heavy (non-hydrogen) atoms. The lowest BCUT2D eigenvalue weighted by Gasteiger charge is -2.36. The molecule has 274 valence electrons. The number of piperazine rings is 1. The molecule has 18 heteroatoms. The summed E-state index contributed by atoms with van der Waals surface area (Å²) in [6, 6.07) is 15.4. The van der Waals surface area contributed by atoms with Gasteiger partial charge in [0, 0.05) is 76.2 Å². The summed E-state index contributed by atoms with van der Waals surface area (Å²) in [4.78, 5) is 44.6. The van der Waals surface area contributed by atoms with Crippen molar-refractivity contribution in [3.63, 3.8) is 0 Å². The standard InChI is InChI=1S/C34H37F3N10O4S/c1-45(52(2,50)51)31-28(38-12-13-39-31)20-40-30-27(34(35,36)37)19-41-33(44-30)42-24-6-8-25(9-7-24)47-16-14-46(15-17-47)21-22-4-3-5-23(18-22)26-10-11-29(48)43-32(26)49/h3-9,12-13,18-19,26H,10-11,14-17,20-21H2,1-2H3,(H,43,48,49)(H2,40,41,42,44). The van der Waals surface area contributed by atoms with Crippen LogP contribution in [0, 0.1) is 0 Å². The highest BCUT2D eigenvalue weighted by Crippen LogP contribution is 2.35. The van der Waals surface area contributed by atoms with Crippen molar-refractivity contribution in [2.45, 2.75) is 38.0 Å². The van der Waals surface area contributed by atoms with Gasteiger partial charge in [0.2, 0.25) is 27.8 Å². The average molecular weight is 739 g/mol. The number of anilines is 5. The Morgan fingerprint density at radius 2 is 1.73 bits per heavy atom. The van der Waals surface area contributed by atoms with E-state index in [1.807, 2.05) is 36.4 Å². The number of carbonyl (C=O) groups is 2. The number of halogens is 3. The molecule has 2 saturated heterocycles. The Morgan fingerprint density at radius 1 is 1.00 bits per heavy atom. The van der Waals surface area contributed by atoms with Gasteiger partial charge in [-0.1, -0.05) is 24.3 Å². The Morgan fingerprint density at radius 3 is 2.42 bits per heavy atom. The first kappa shape index (κ1) is 36.4. The summed E-state index contributed by atoms with van der Waals surface area (Å²) in [5.74, 6) is -1.42. The molecule has 0 radical (unpaired) electrons. The SMILES string of the molecule is CN(c1nccnc1CNc1nc(Nc2ccc(N3CCN(Cc4cccc(C5CCC(=O)NC5=O)c4)CC3)cc2)ncc1C(F)(F)F)S(C)(=O)=O. The maximum atomic E-state index is 13.9. The predicted octanol–water partition coefficient (Wildman–Crippen LogP) is 3.88. The van der Waals surface area contributed by atoms with Gasteiger partial charge in [0.25, 0.3) is 0 Å². The third-order valence-corrected chi connectivity index (χ3v) is 10.1.